The van der Waals surface area contributed by atoms with E-state index < -0.39 is 17.9 Å². The van der Waals surface area contributed by atoms with Gasteiger partial charge in [-0.1, -0.05) is 11.6 Å². The van der Waals surface area contributed by atoms with E-state index in [-0.39, 0.29) is 19.7 Å². The van der Waals surface area contributed by atoms with Crippen LogP contribution in [0.4, 0.5) is 14.5 Å². The number of anilines is 1. The van der Waals surface area contributed by atoms with Crippen molar-refractivity contribution in [1.82, 2.24) is 19.4 Å². The van der Waals surface area contributed by atoms with Gasteiger partial charge in [-0.25, -0.2) is 4.79 Å². The van der Waals surface area contributed by atoms with Crippen molar-refractivity contribution in [1.29, 1.82) is 0 Å². The second-order valence-electron chi connectivity index (χ2n) is 10.0. The van der Waals surface area contributed by atoms with Crippen LogP contribution < -0.4 is 21.5 Å². The van der Waals surface area contributed by atoms with Crippen LogP contribution in [-0.2, 0) is 24.2 Å². The fraction of sp³-hybridized carbons (Fsp3) is 0.393. The minimum absolute atomic E-state index is 0.0438. The van der Waals surface area contributed by atoms with E-state index in [2.05, 4.69) is 26.0 Å². The number of hydrogen-bond donors (Lipinski definition) is 1. The Labute approximate surface area is 237 Å². The highest BCUT2D eigenvalue weighted by Gasteiger charge is 2.30. The molecule has 0 radical (unpaired) electrons. The molecule has 1 N–H and O–H groups in total. The van der Waals surface area contributed by atoms with Gasteiger partial charge in [0.2, 0.25) is 0 Å². The van der Waals surface area contributed by atoms with E-state index in [1.54, 1.807) is 6.20 Å². The van der Waals surface area contributed by atoms with Crippen molar-refractivity contribution in [2.24, 2.45) is 0 Å². The summed E-state index contributed by atoms with van der Waals surface area (Å²) in [5, 5.41) is 4.17. The molecule has 40 heavy (non-hydrogen) atoms. The molecule has 0 spiro atoms. The topological polar surface area (TPSA) is 81.4 Å². The molecule has 1 saturated heterocycles. The van der Waals surface area contributed by atoms with E-state index in [1.165, 1.54) is 39.4 Å². The van der Waals surface area contributed by atoms with Gasteiger partial charge in [0.05, 0.1) is 29.9 Å². The van der Waals surface area contributed by atoms with Crippen LogP contribution in [0.5, 0.6) is 0 Å². The number of aromatic nitrogens is 3. The molecular weight excluding hydrogens is 560 g/mol. The predicted molar refractivity (Wildman–Crippen MR) is 153 cm³/mol. The number of halogens is 3. The van der Waals surface area contributed by atoms with Crippen LogP contribution in [0.3, 0.4) is 0 Å². The third-order valence-electron chi connectivity index (χ3n) is 7.54. The van der Waals surface area contributed by atoms with Crippen molar-refractivity contribution >= 4 is 38.8 Å². The van der Waals surface area contributed by atoms with E-state index in [0.29, 0.717) is 11.1 Å². The molecule has 0 saturated carbocycles. The van der Waals surface area contributed by atoms with Crippen LogP contribution in [0.1, 0.15) is 23.3 Å². The molecule has 4 aromatic rings. The summed E-state index contributed by atoms with van der Waals surface area (Å²) in [4.78, 5) is 33.5. The zero-order chi connectivity index (χ0) is 27.8. The van der Waals surface area contributed by atoms with Gasteiger partial charge in [0.1, 0.15) is 0 Å². The highest BCUT2D eigenvalue weighted by Crippen LogP contribution is 2.44. The first kappa shape index (κ1) is 27.1. The standard InChI is InChI=1S/C28H28ClF2N5O3S/c29-18-12-17-2-1-8-35(19-3-6-32-15-19)25(17)22(13-18)21-4-7-33-23-14-20(40-26(21)23)16-36-24(37)5-9-34(28(36)38)10-11-39-27(30)31/h4-5,7,9,12-14,19,27,32H,1-3,6,8,10-11,15-16H2/t19-/m0/s1. The summed E-state index contributed by atoms with van der Waals surface area (Å²) in [5.41, 5.74) is 4.26. The second kappa shape index (κ2) is 11.4. The number of rotatable bonds is 8. The summed E-state index contributed by atoms with van der Waals surface area (Å²) >= 11 is 8.12. The summed E-state index contributed by atoms with van der Waals surface area (Å²) in [6, 6.07) is 9.67. The first-order chi connectivity index (χ1) is 19.4. The van der Waals surface area contributed by atoms with E-state index in [1.807, 2.05) is 18.2 Å². The Morgan fingerprint density at radius 2 is 2.08 bits per heavy atom. The summed E-state index contributed by atoms with van der Waals surface area (Å²) < 4.78 is 32.2. The molecule has 0 amide bonds. The van der Waals surface area contributed by atoms with E-state index in [4.69, 9.17) is 11.6 Å². The minimum atomic E-state index is -2.92. The number of thiophene rings is 1. The Morgan fingerprint density at radius 3 is 2.88 bits per heavy atom. The molecule has 12 heteroatoms. The van der Waals surface area contributed by atoms with Crippen molar-refractivity contribution in [3.8, 4) is 11.1 Å². The second-order valence-corrected chi connectivity index (χ2v) is 11.6. The normalized spacial score (nSPS) is 17.2. The van der Waals surface area contributed by atoms with Crippen molar-refractivity contribution in [3.63, 3.8) is 0 Å². The third kappa shape index (κ3) is 5.30. The molecule has 6 rings (SSSR count). The smallest absolute Gasteiger partial charge is 0.345 e. The lowest BCUT2D eigenvalue weighted by Crippen LogP contribution is -2.40. The molecule has 5 heterocycles. The number of hydrogen-bond acceptors (Lipinski definition) is 7. The number of aryl methyl sites for hydroxylation is 1. The number of alkyl halides is 2. The van der Waals surface area contributed by atoms with Gasteiger partial charge in [0.15, 0.2) is 0 Å². The number of fused-ring (bicyclic) bond motifs is 2. The summed E-state index contributed by atoms with van der Waals surface area (Å²) in [5.74, 6) is 0. The first-order valence-electron chi connectivity index (χ1n) is 13.3. The van der Waals surface area contributed by atoms with Crippen LogP contribution in [0.25, 0.3) is 21.3 Å². The summed E-state index contributed by atoms with van der Waals surface area (Å²) in [6.07, 6.45) is 6.21. The lowest BCUT2D eigenvalue weighted by molar-refractivity contribution is -0.130. The highest BCUT2D eigenvalue weighted by atomic mass is 35.5. The number of pyridine rings is 1. The lowest BCUT2D eigenvalue weighted by atomic mass is 9.92. The maximum Gasteiger partial charge on any atom is 0.345 e. The lowest BCUT2D eigenvalue weighted by Gasteiger charge is -2.38. The molecule has 0 aliphatic carbocycles. The number of nitrogens with zero attached hydrogens (tertiary/aromatic N) is 4. The van der Waals surface area contributed by atoms with E-state index in [9.17, 15) is 18.4 Å². The maximum atomic E-state index is 13.0. The van der Waals surface area contributed by atoms with Gasteiger partial charge in [-0.15, -0.1) is 11.3 Å². The molecule has 8 nitrogen and oxygen atoms in total. The third-order valence-corrected chi connectivity index (χ3v) is 8.90. The summed E-state index contributed by atoms with van der Waals surface area (Å²) in [6.45, 7) is -0.362. The quantitative estimate of drug-likeness (QED) is 0.330. The van der Waals surface area contributed by atoms with Crippen molar-refractivity contribution in [3.05, 3.63) is 79.0 Å². The maximum absolute atomic E-state index is 13.0. The molecule has 0 bridgehead atoms. The fourth-order valence-electron chi connectivity index (χ4n) is 5.76. The average molecular weight is 588 g/mol. The Hall–Kier alpha value is -3.12. The van der Waals surface area contributed by atoms with Gasteiger partial charge < -0.3 is 15.0 Å². The predicted octanol–water partition coefficient (Wildman–Crippen LogP) is 4.34. The van der Waals surface area contributed by atoms with Crippen LogP contribution >= 0.6 is 22.9 Å². The van der Waals surface area contributed by atoms with Crippen molar-refractivity contribution < 1.29 is 13.5 Å². The van der Waals surface area contributed by atoms with Gasteiger partial charge >= 0.3 is 12.3 Å². The Kier molecular flexibility index (Phi) is 7.71. The van der Waals surface area contributed by atoms with Crippen LogP contribution in [0, 0.1) is 0 Å². The number of nitrogens with one attached hydrogen (secondary N) is 1. The molecular formula is C28H28ClF2N5O3S. The molecule has 0 unspecified atom stereocenters. The first-order valence-corrected chi connectivity index (χ1v) is 14.5. The molecule has 3 aromatic heterocycles. The largest absolute Gasteiger partial charge is 0.366 e. The number of benzene rings is 1. The van der Waals surface area contributed by atoms with Crippen molar-refractivity contribution in [2.75, 3.05) is 31.1 Å². The monoisotopic (exact) mass is 587 g/mol. The zero-order valence-corrected chi connectivity index (χ0v) is 23.2. The molecule has 1 aromatic carbocycles. The molecule has 1 fully saturated rings. The fourth-order valence-corrected chi connectivity index (χ4v) is 7.13. The van der Waals surface area contributed by atoms with Gasteiger partial charge in [-0.3, -0.25) is 18.9 Å². The van der Waals surface area contributed by atoms with E-state index >= 15 is 0 Å². The van der Waals surface area contributed by atoms with Gasteiger partial charge in [0.25, 0.3) is 5.56 Å². The highest BCUT2D eigenvalue weighted by molar-refractivity contribution is 7.19. The Morgan fingerprint density at radius 1 is 1.20 bits per heavy atom. The van der Waals surface area contributed by atoms with E-state index in [0.717, 1.165) is 69.7 Å². The Bertz CT molecular complexity index is 1660. The minimum Gasteiger partial charge on any atom is -0.366 e. The SMILES string of the molecule is O=c1ccn(CCOC(F)F)c(=O)n1Cc1cc2nccc(-c3cc(Cl)cc4c3N([C@H]3CCNC3)CCC4)c2s1. The van der Waals surface area contributed by atoms with Crippen LogP contribution in [-0.4, -0.2) is 53.0 Å². The van der Waals surface area contributed by atoms with Crippen LogP contribution in [0.2, 0.25) is 5.02 Å². The van der Waals surface area contributed by atoms with Gasteiger partial charge in [0, 0.05) is 64.3 Å². The molecule has 2 aliphatic heterocycles. The van der Waals surface area contributed by atoms with Crippen molar-refractivity contribution in [2.45, 2.75) is 45.0 Å². The van der Waals surface area contributed by atoms with Gasteiger partial charge in [-0.2, -0.15) is 8.78 Å². The zero-order valence-electron chi connectivity index (χ0n) is 21.6. The number of ether oxygens (including phenoxy) is 1. The van der Waals surface area contributed by atoms with Crippen LogP contribution in [0.15, 0.2) is 52.3 Å². The summed E-state index contributed by atoms with van der Waals surface area (Å²) in [7, 11) is 0. The molecule has 210 valence electrons. The Balaban J connectivity index is 1.38. The molecule has 1 atom stereocenters. The van der Waals surface area contributed by atoms with Gasteiger partial charge in [-0.05, 0) is 55.6 Å². The average Bonchev–Trinajstić information content (AvgIpc) is 3.61. The molecule has 2 aliphatic rings.